The van der Waals surface area contributed by atoms with Gasteiger partial charge in [0.25, 0.3) is 0 Å². The Bertz CT molecular complexity index is 188. The second-order valence-corrected chi connectivity index (χ2v) is 3.63. The number of carbonyl (C=O) groups excluding carboxylic acids is 1. The van der Waals surface area contributed by atoms with E-state index in [1.54, 1.807) is 19.1 Å². The van der Waals surface area contributed by atoms with Crippen LogP contribution in [0.15, 0.2) is 0 Å². The molecule has 1 amide bonds. The summed E-state index contributed by atoms with van der Waals surface area (Å²) in [5.74, 6) is 0.111. The molecule has 0 saturated carbocycles. The molecule has 5 nitrogen and oxygen atoms in total. The molecule has 96 valence electrons. The molecule has 5 heteroatoms. The highest BCUT2D eigenvalue weighted by atomic mass is 16.5. The van der Waals surface area contributed by atoms with Crippen LogP contribution in [0.2, 0.25) is 0 Å². The van der Waals surface area contributed by atoms with Crippen LogP contribution in [0.25, 0.3) is 0 Å². The predicted molar refractivity (Wildman–Crippen MR) is 63.5 cm³/mol. The van der Waals surface area contributed by atoms with Crippen LogP contribution in [-0.4, -0.2) is 63.9 Å². The molecule has 0 saturated heterocycles. The van der Waals surface area contributed by atoms with Gasteiger partial charge in [0, 0.05) is 27.2 Å². The van der Waals surface area contributed by atoms with E-state index in [2.05, 4.69) is 5.32 Å². The molecule has 16 heavy (non-hydrogen) atoms. The summed E-state index contributed by atoms with van der Waals surface area (Å²) in [6.45, 7) is 7.02. The van der Waals surface area contributed by atoms with Crippen molar-refractivity contribution in [3.63, 3.8) is 0 Å². The standard InChI is InChI=1S/C11H24N2O3/c1-5-13(3)11(14)10(2)12-6-7-16-9-8-15-4/h10,12H,5-9H2,1-4H3. The third-order valence-electron chi connectivity index (χ3n) is 2.35. The van der Waals surface area contributed by atoms with Crippen LogP contribution in [0.5, 0.6) is 0 Å². The van der Waals surface area contributed by atoms with Gasteiger partial charge in [0.05, 0.1) is 25.9 Å². The SMILES string of the molecule is CCN(C)C(=O)C(C)NCCOCCOC. The third-order valence-corrected chi connectivity index (χ3v) is 2.35. The Balaban J connectivity index is 3.50. The number of hydrogen-bond acceptors (Lipinski definition) is 4. The first kappa shape index (κ1) is 15.3. The van der Waals surface area contributed by atoms with E-state index in [1.165, 1.54) is 0 Å². The van der Waals surface area contributed by atoms with Gasteiger partial charge in [-0.05, 0) is 13.8 Å². The molecular weight excluding hydrogens is 208 g/mol. The van der Waals surface area contributed by atoms with Crippen LogP contribution in [0.4, 0.5) is 0 Å². The molecule has 1 atom stereocenters. The quantitative estimate of drug-likeness (QED) is 0.573. The van der Waals surface area contributed by atoms with Crippen LogP contribution in [0.3, 0.4) is 0 Å². The molecule has 0 aromatic rings. The Morgan fingerprint density at radius 3 is 2.62 bits per heavy atom. The maximum absolute atomic E-state index is 11.6. The van der Waals surface area contributed by atoms with Gasteiger partial charge in [0.15, 0.2) is 0 Å². The molecule has 0 aliphatic heterocycles. The van der Waals surface area contributed by atoms with Crippen molar-refractivity contribution in [2.24, 2.45) is 0 Å². The number of carbonyl (C=O) groups is 1. The average Bonchev–Trinajstić information content (AvgIpc) is 2.31. The van der Waals surface area contributed by atoms with Crippen molar-refractivity contribution in [3.8, 4) is 0 Å². The van der Waals surface area contributed by atoms with Gasteiger partial charge >= 0.3 is 0 Å². The topological polar surface area (TPSA) is 50.8 Å². The zero-order chi connectivity index (χ0) is 12.4. The fourth-order valence-electron chi connectivity index (χ4n) is 1.17. The van der Waals surface area contributed by atoms with Crippen LogP contribution in [0, 0.1) is 0 Å². The van der Waals surface area contributed by atoms with Gasteiger partial charge in [-0.15, -0.1) is 0 Å². The monoisotopic (exact) mass is 232 g/mol. The van der Waals surface area contributed by atoms with Crippen molar-refractivity contribution < 1.29 is 14.3 Å². The minimum Gasteiger partial charge on any atom is -0.382 e. The van der Waals surface area contributed by atoms with Crippen molar-refractivity contribution in [2.75, 3.05) is 47.1 Å². The van der Waals surface area contributed by atoms with E-state index in [4.69, 9.17) is 9.47 Å². The van der Waals surface area contributed by atoms with E-state index in [0.717, 1.165) is 6.54 Å². The summed E-state index contributed by atoms with van der Waals surface area (Å²) in [6.07, 6.45) is 0. The van der Waals surface area contributed by atoms with Gasteiger partial charge in [-0.3, -0.25) is 4.79 Å². The van der Waals surface area contributed by atoms with E-state index in [0.29, 0.717) is 26.4 Å². The molecule has 0 rings (SSSR count). The summed E-state index contributed by atoms with van der Waals surface area (Å²) >= 11 is 0. The summed E-state index contributed by atoms with van der Waals surface area (Å²) in [5, 5.41) is 3.12. The van der Waals surface area contributed by atoms with Crippen molar-refractivity contribution in [1.82, 2.24) is 10.2 Å². The number of nitrogens with one attached hydrogen (secondary N) is 1. The van der Waals surface area contributed by atoms with Gasteiger partial charge in [-0.1, -0.05) is 0 Å². The lowest BCUT2D eigenvalue weighted by molar-refractivity contribution is -0.131. The normalized spacial score (nSPS) is 12.5. The highest BCUT2D eigenvalue weighted by molar-refractivity contribution is 5.81. The lowest BCUT2D eigenvalue weighted by Gasteiger charge is -2.20. The average molecular weight is 232 g/mol. The smallest absolute Gasteiger partial charge is 0.239 e. The Kier molecular flexibility index (Phi) is 9.18. The fraction of sp³-hybridized carbons (Fsp3) is 0.909. The van der Waals surface area contributed by atoms with Crippen LogP contribution in [-0.2, 0) is 14.3 Å². The van der Waals surface area contributed by atoms with E-state index in [1.807, 2.05) is 13.8 Å². The van der Waals surface area contributed by atoms with E-state index >= 15 is 0 Å². The van der Waals surface area contributed by atoms with Gasteiger partial charge in [-0.25, -0.2) is 0 Å². The Labute approximate surface area is 98.1 Å². The number of ether oxygens (including phenoxy) is 2. The Morgan fingerprint density at radius 2 is 2.06 bits per heavy atom. The molecule has 0 aliphatic carbocycles. The fourth-order valence-corrected chi connectivity index (χ4v) is 1.17. The molecule has 1 N–H and O–H groups in total. The summed E-state index contributed by atoms with van der Waals surface area (Å²) in [4.78, 5) is 13.3. The highest BCUT2D eigenvalue weighted by Gasteiger charge is 2.14. The molecule has 0 heterocycles. The first-order chi connectivity index (χ1) is 7.63. The van der Waals surface area contributed by atoms with E-state index in [-0.39, 0.29) is 11.9 Å². The maximum Gasteiger partial charge on any atom is 0.239 e. The number of methoxy groups -OCH3 is 1. The van der Waals surface area contributed by atoms with E-state index < -0.39 is 0 Å². The van der Waals surface area contributed by atoms with Crippen molar-refractivity contribution in [1.29, 1.82) is 0 Å². The molecule has 0 fully saturated rings. The number of likely N-dealkylation sites (N-methyl/N-ethyl adjacent to an activating group) is 1. The highest BCUT2D eigenvalue weighted by Crippen LogP contribution is 1.90. The lowest BCUT2D eigenvalue weighted by atomic mass is 10.3. The van der Waals surface area contributed by atoms with Crippen LogP contribution < -0.4 is 5.32 Å². The molecule has 1 unspecified atom stereocenters. The summed E-state index contributed by atoms with van der Waals surface area (Å²) in [5.41, 5.74) is 0. The van der Waals surface area contributed by atoms with E-state index in [9.17, 15) is 4.79 Å². The van der Waals surface area contributed by atoms with Crippen molar-refractivity contribution in [2.45, 2.75) is 19.9 Å². The van der Waals surface area contributed by atoms with Crippen LogP contribution >= 0.6 is 0 Å². The minimum absolute atomic E-state index is 0.111. The summed E-state index contributed by atoms with van der Waals surface area (Å²) in [7, 11) is 3.44. The zero-order valence-corrected chi connectivity index (χ0v) is 10.8. The minimum atomic E-state index is -0.157. The van der Waals surface area contributed by atoms with Crippen molar-refractivity contribution >= 4 is 5.91 Å². The Hall–Kier alpha value is -0.650. The second kappa shape index (κ2) is 9.57. The predicted octanol–water partition coefficient (Wildman–Crippen LogP) is 0.106. The first-order valence-electron chi connectivity index (χ1n) is 5.68. The molecule has 0 spiro atoms. The lowest BCUT2D eigenvalue weighted by Crippen LogP contribution is -2.44. The van der Waals surface area contributed by atoms with Gasteiger partial charge in [0.1, 0.15) is 0 Å². The van der Waals surface area contributed by atoms with Crippen LogP contribution in [0.1, 0.15) is 13.8 Å². The van der Waals surface area contributed by atoms with Crippen molar-refractivity contribution in [3.05, 3.63) is 0 Å². The third kappa shape index (κ3) is 6.76. The molecule has 0 aromatic heterocycles. The number of rotatable bonds is 9. The maximum atomic E-state index is 11.6. The summed E-state index contributed by atoms with van der Waals surface area (Å²) < 4.78 is 10.1. The number of amides is 1. The largest absolute Gasteiger partial charge is 0.382 e. The summed E-state index contributed by atoms with van der Waals surface area (Å²) in [6, 6.07) is -0.157. The molecule has 0 bridgehead atoms. The molecule has 0 aliphatic rings. The molecular formula is C11H24N2O3. The number of hydrogen-bond donors (Lipinski definition) is 1. The van der Waals surface area contributed by atoms with Gasteiger partial charge in [0.2, 0.25) is 5.91 Å². The van der Waals surface area contributed by atoms with Gasteiger partial charge in [-0.2, -0.15) is 0 Å². The van der Waals surface area contributed by atoms with Gasteiger partial charge < -0.3 is 19.7 Å². The first-order valence-corrected chi connectivity index (χ1v) is 5.68. The molecule has 0 radical (unpaired) electrons. The Morgan fingerprint density at radius 1 is 1.38 bits per heavy atom. The second-order valence-electron chi connectivity index (χ2n) is 3.63. The zero-order valence-electron chi connectivity index (χ0n) is 10.8. The number of nitrogens with zero attached hydrogens (tertiary/aromatic N) is 1. The molecule has 0 aromatic carbocycles.